The van der Waals surface area contributed by atoms with E-state index in [1.54, 1.807) is 0 Å². The van der Waals surface area contributed by atoms with E-state index in [1.807, 2.05) is 0 Å². The molecule has 0 bridgehead atoms. The van der Waals surface area contributed by atoms with Crippen molar-refractivity contribution < 1.29 is 18.9 Å². The molecule has 0 unspecified atom stereocenters. The van der Waals surface area contributed by atoms with Crippen molar-refractivity contribution in [2.45, 2.75) is 13.2 Å². The van der Waals surface area contributed by atoms with Crippen LogP contribution in [0.5, 0.6) is 0 Å². The molecule has 0 aliphatic carbocycles. The quantitative estimate of drug-likeness (QED) is 0.101. The summed E-state index contributed by atoms with van der Waals surface area (Å²) < 4.78 is 23.5. The second-order valence-electron chi connectivity index (χ2n) is 11.5. The van der Waals surface area contributed by atoms with Crippen molar-refractivity contribution >= 4 is 64.6 Å². The molecule has 0 saturated heterocycles. The highest BCUT2D eigenvalue weighted by molar-refractivity contribution is 6.24. The van der Waals surface area contributed by atoms with Crippen LogP contribution in [0, 0.1) is 0 Å². The van der Waals surface area contributed by atoms with Gasteiger partial charge in [-0.25, -0.2) is 0 Å². The van der Waals surface area contributed by atoms with E-state index < -0.39 is 0 Å². The Hall–Kier alpha value is -4.32. The number of hydrogen-bond donors (Lipinski definition) is 0. The van der Waals surface area contributed by atoms with Crippen molar-refractivity contribution in [2.24, 2.45) is 0 Å². The van der Waals surface area contributed by atoms with E-state index in [0.717, 1.165) is 0 Å². The minimum absolute atomic E-state index is 0.539. The Morgan fingerprint density at radius 3 is 1.02 bits per heavy atom. The third kappa shape index (κ3) is 5.00. The predicted molar refractivity (Wildman–Crippen MR) is 181 cm³/mol. The van der Waals surface area contributed by atoms with Crippen LogP contribution in [-0.4, -0.2) is 39.6 Å². The molecule has 8 aromatic rings. The molecule has 8 aromatic carbocycles. The molecule has 0 aliphatic heterocycles. The van der Waals surface area contributed by atoms with Gasteiger partial charge in [-0.05, 0) is 75.8 Å². The van der Waals surface area contributed by atoms with Gasteiger partial charge >= 0.3 is 0 Å². The van der Waals surface area contributed by atoms with Gasteiger partial charge in [-0.15, -0.1) is 0 Å². The maximum absolute atomic E-state index is 5.99. The first-order chi connectivity index (χ1) is 21.8. The number of hydrogen-bond acceptors (Lipinski definition) is 4. The van der Waals surface area contributed by atoms with Crippen LogP contribution in [0.3, 0.4) is 0 Å². The first-order valence-electron chi connectivity index (χ1n) is 15.5. The molecule has 0 radical (unpaired) electrons. The van der Waals surface area contributed by atoms with Gasteiger partial charge in [0.2, 0.25) is 0 Å². The largest absolute Gasteiger partial charge is 0.377 e. The standard InChI is InChI=1S/C40H34O4/c1-3-27-7-9-31-11-13-33(35-17-15-29(5-1)37(27)39(31)35)25-43-23-21-41-19-20-42-22-24-44-26-34-14-12-32-10-8-28-4-2-6-30-16-18-36(34)40(32)38(28)30/h1-18H,19-26H2. The van der Waals surface area contributed by atoms with Gasteiger partial charge in [-0.2, -0.15) is 0 Å². The van der Waals surface area contributed by atoms with Gasteiger partial charge in [0.15, 0.2) is 0 Å². The smallest absolute Gasteiger partial charge is 0.0724 e. The molecule has 0 aliphatic rings. The molecule has 8 rings (SSSR count). The minimum atomic E-state index is 0.539. The van der Waals surface area contributed by atoms with Crippen LogP contribution in [0.4, 0.5) is 0 Å². The molecular weight excluding hydrogens is 544 g/mol. The lowest BCUT2D eigenvalue weighted by atomic mass is 9.92. The maximum atomic E-state index is 5.99. The third-order valence-electron chi connectivity index (χ3n) is 8.87. The molecule has 4 nitrogen and oxygen atoms in total. The lowest BCUT2D eigenvalue weighted by Gasteiger charge is -2.14. The average molecular weight is 579 g/mol. The maximum Gasteiger partial charge on any atom is 0.0724 e. The zero-order valence-corrected chi connectivity index (χ0v) is 24.7. The Labute approximate surface area is 256 Å². The van der Waals surface area contributed by atoms with Gasteiger partial charge in [0, 0.05) is 0 Å². The minimum Gasteiger partial charge on any atom is -0.377 e. The van der Waals surface area contributed by atoms with E-state index in [9.17, 15) is 0 Å². The molecule has 218 valence electrons. The van der Waals surface area contributed by atoms with E-state index in [4.69, 9.17) is 18.9 Å². The van der Waals surface area contributed by atoms with E-state index in [-0.39, 0.29) is 0 Å². The molecule has 0 heterocycles. The monoisotopic (exact) mass is 578 g/mol. The normalized spacial score (nSPS) is 12.3. The summed E-state index contributed by atoms with van der Waals surface area (Å²) in [5.41, 5.74) is 2.42. The van der Waals surface area contributed by atoms with Crippen molar-refractivity contribution in [1.29, 1.82) is 0 Å². The molecular formula is C40H34O4. The number of benzene rings is 8. The Bertz CT molecular complexity index is 2010. The third-order valence-corrected chi connectivity index (χ3v) is 8.87. The zero-order chi connectivity index (χ0) is 29.3. The lowest BCUT2D eigenvalue weighted by Crippen LogP contribution is -2.12. The molecule has 0 spiro atoms. The molecule has 44 heavy (non-hydrogen) atoms. The highest BCUT2D eigenvalue weighted by Gasteiger charge is 2.12. The lowest BCUT2D eigenvalue weighted by molar-refractivity contribution is -0.00598. The molecule has 0 saturated carbocycles. The first-order valence-corrected chi connectivity index (χ1v) is 15.5. The summed E-state index contributed by atoms with van der Waals surface area (Å²) in [7, 11) is 0. The highest BCUT2D eigenvalue weighted by atomic mass is 16.6. The Morgan fingerprint density at radius 1 is 0.295 bits per heavy atom. The van der Waals surface area contributed by atoms with Crippen molar-refractivity contribution in [1.82, 2.24) is 0 Å². The molecule has 0 amide bonds. The van der Waals surface area contributed by atoms with Crippen LogP contribution >= 0.6 is 0 Å². The summed E-state index contributed by atoms with van der Waals surface area (Å²) in [4.78, 5) is 0. The van der Waals surface area contributed by atoms with E-state index in [2.05, 4.69) is 109 Å². The summed E-state index contributed by atoms with van der Waals surface area (Å²) in [6.45, 7) is 4.39. The molecule has 0 N–H and O–H groups in total. The second-order valence-corrected chi connectivity index (χ2v) is 11.5. The van der Waals surface area contributed by atoms with Crippen LogP contribution in [0.1, 0.15) is 11.1 Å². The fraction of sp³-hybridized carbons (Fsp3) is 0.200. The summed E-state index contributed by atoms with van der Waals surface area (Å²) in [6.07, 6.45) is 0. The molecule has 0 atom stereocenters. The van der Waals surface area contributed by atoms with Gasteiger partial charge < -0.3 is 18.9 Å². The summed E-state index contributed by atoms with van der Waals surface area (Å²) in [5, 5.41) is 15.5. The number of ether oxygens (including phenoxy) is 4. The summed E-state index contributed by atoms with van der Waals surface area (Å²) in [6, 6.07) is 39.5. The molecule has 4 heteroatoms. The van der Waals surface area contributed by atoms with E-state index >= 15 is 0 Å². The summed E-state index contributed by atoms with van der Waals surface area (Å²) >= 11 is 0. The van der Waals surface area contributed by atoms with Gasteiger partial charge in [0.25, 0.3) is 0 Å². The van der Waals surface area contributed by atoms with Crippen molar-refractivity contribution in [3.8, 4) is 0 Å². The van der Waals surface area contributed by atoms with Crippen molar-refractivity contribution in [2.75, 3.05) is 39.6 Å². The van der Waals surface area contributed by atoms with Crippen LogP contribution in [-0.2, 0) is 32.2 Å². The fourth-order valence-corrected chi connectivity index (χ4v) is 6.77. The van der Waals surface area contributed by atoms with E-state index in [1.165, 1.54) is 75.8 Å². The van der Waals surface area contributed by atoms with Gasteiger partial charge in [-0.1, -0.05) is 109 Å². The second kappa shape index (κ2) is 12.0. The van der Waals surface area contributed by atoms with Crippen LogP contribution in [0.25, 0.3) is 64.6 Å². The van der Waals surface area contributed by atoms with Crippen molar-refractivity contribution in [3.63, 3.8) is 0 Å². The Kier molecular flexibility index (Phi) is 7.42. The summed E-state index contributed by atoms with van der Waals surface area (Å²) in [5.74, 6) is 0. The zero-order valence-electron chi connectivity index (χ0n) is 24.7. The predicted octanol–water partition coefficient (Wildman–Crippen LogP) is 9.25. The molecule has 0 aromatic heterocycles. The van der Waals surface area contributed by atoms with Gasteiger partial charge in [0.05, 0.1) is 52.9 Å². The van der Waals surface area contributed by atoms with Crippen molar-refractivity contribution in [3.05, 3.63) is 120 Å². The topological polar surface area (TPSA) is 36.9 Å². The molecule has 0 fully saturated rings. The van der Waals surface area contributed by atoms with Gasteiger partial charge in [0.1, 0.15) is 0 Å². The van der Waals surface area contributed by atoms with Crippen LogP contribution in [0.15, 0.2) is 109 Å². The highest BCUT2D eigenvalue weighted by Crippen LogP contribution is 2.37. The van der Waals surface area contributed by atoms with Crippen LogP contribution < -0.4 is 0 Å². The Balaban J connectivity index is 0.760. The fourth-order valence-electron chi connectivity index (χ4n) is 6.77. The van der Waals surface area contributed by atoms with E-state index in [0.29, 0.717) is 52.9 Å². The number of rotatable bonds is 13. The van der Waals surface area contributed by atoms with Gasteiger partial charge in [-0.3, -0.25) is 0 Å². The average Bonchev–Trinajstić information content (AvgIpc) is 3.07. The first kappa shape index (κ1) is 27.2. The Morgan fingerprint density at radius 2 is 0.614 bits per heavy atom. The van der Waals surface area contributed by atoms with Crippen LogP contribution in [0.2, 0.25) is 0 Å². The SMILES string of the molecule is c1cc2ccc3ccc(COCCOCCOCCOCc4ccc5ccc6cccc7ccc4c5c67)c4ccc(c1)c2c34.